The molecule has 12 heavy (non-hydrogen) atoms. The first kappa shape index (κ1) is 5.54. The Morgan fingerprint density at radius 2 is 2.67 bits per heavy atom. The Morgan fingerprint density at radius 1 is 1.75 bits per heavy atom. The summed E-state index contributed by atoms with van der Waals surface area (Å²) in [6.45, 7) is 2.26. The Labute approximate surface area is 76.6 Å². The highest BCUT2D eigenvalue weighted by Gasteiger charge is 2.01. The Bertz CT molecular complexity index is 314. The summed E-state index contributed by atoms with van der Waals surface area (Å²) < 4.78 is 30.6. The molecule has 0 N–H and O–H groups in total. The molecule has 0 aliphatic carbocycles. The first-order valence-corrected chi connectivity index (χ1v) is 3.65. The van der Waals surface area contributed by atoms with E-state index in [4.69, 9.17) is 8.85 Å². The van der Waals surface area contributed by atoms with Crippen molar-refractivity contribution in [2.24, 2.45) is 0 Å². The van der Waals surface area contributed by atoms with Crippen LogP contribution in [-0.2, 0) is 11.3 Å². The largest absolute Gasteiger partial charge is 0.493 e. The Hall–Kier alpha value is -1.09. The smallest absolute Gasteiger partial charge is 0.128 e. The highest BCUT2D eigenvalue weighted by atomic mass is 16.5. The summed E-state index contributed by atoms with van der Waals surface area (Å²) in [5, 5.41) is 0. The number of methoxy groups -OCH3 is 1. The second-order valence-electron chi connectivity index (χ2n) is 2.12. The number of rotatable bonds is 4. The normalized spacial score (nSPS) is 14.6. The van der Waals surface area contributed by atoms with Crippen LogP contribution in [0, 0.1) is 6.20 Å². The number of aromatic nitrogens is 1. The summed E-state index contributed by atoms with van der Waals surface area (Å²) in [5.74, 6) is 0.553. The van der Waals surface area contributed by atoms with Crippen LogP contribution in [0.5, 0.6) is 5.75 Å². The summed E-state index contributed by atoms with van der Waals surface area (Å²) in [7, 11) is -2.41. The summed E-state index contributed by atoms with van der Waals surface area (Å²) in [6.07, 6.45) is 4.18. The first-order chi connectivity index (χ1) is 7.03. The van der Waals surface area contributed by atoms with Gasteiger partial charge in [-0.1, -0.05) is 0 Å². The maximum Gasteiger partial charge on any atom is 0.128 e. The third kappa shape index (κ3) is 2.20. The molecule has 0 spiro atoms. The van der Waals surface area contributed by atoms with Crippen molar-refractivity contribution in [2.75, 3.05) is 13.6 Å². The second-order valence-corrected chi connectivity index (χ2v) is 2.12. The topological polar surface area (TPSA) is 31.4 Å². The SMILES string of the molecule is [2H]C([2H])([2H])OCc1[c]nccc1OCC. The van der Waals surface area contributed by atoms with E-state index in [-0.39, 0.29) is 6.61 Å². The lowest BCUT2D eigenvalue weighted by molar-refractivity contribution is 0.179. The van der Waals surface area contributed by atoms with E-state index in [0.717, 1.165) is 0 Å². The number of pyridine rings is 1. The van der Waals surface area contributed by atoms with Gasteiger partial charge in [0.05, 0.1) is 23.5 Å². The monoisotopic (exact) mass is 169 g/mol. The molecule has 0 amide bonds. The molecular weight excluding hydrogens is 154 g/mol. The summed E-state index contributed by atoms with van der Waals surface area (Å²) in [5.41, 5.74) is 0.510. The molecule has 1 radical (unpaired) electrons. The first-order valence-electron chi connectivity index (χ1n) is 5.15. The van der Waals surface area contributed by atoms with E-state index in [1.54, 1.807) is 6.07 Å². The maximum atomic E-state index is 6.89. The van der Waals surface area contributed by atoms with Gasteiger partial charge in [-0.3, -0.25) is 4.98 Å². The molecule has 0 unspecified atom stereocenters. The number of nitrogens with zero attached hydrogens (tertiary/aromatic N) is 1. The van der Waals surface area contributed by atoms with Crippen LogP contribution in [0.15, 0.2) is 12.3 Å². The van der Waals surface area contributed by atoms with Gasteiger partial charge < -0.3 is 9.47 Å². The fourth-order valence-corrected chi connectivity index (χ4v) is 0.842. The van der Waals surface area contributed by atoms with Crippen LogP contribution in [0.2, 0.25) is 0 Å². The lowest BCUT2D eigenvalue weighted by Crippen LogP contribution is -1.98. The van der Waals surface area contributed by atoms with Gasteiger partial charge in [0.25, 0.3) is 0 Å². The molecule has 1 heterocycles. The van der Waals surface area contributed by atoms with Crippen molar-refractivity contribution in [3.63, 3.8) is 0 Å². The fraction of sp³-hybridized carbons (Fsp3) is 0.444. The highest BCUT2D eigenvalue weighted by molar-refractivity contribution is 5.28. The fourth-order valence-electron chi connectivity index (χ4n) is 0.842. The van der Waals surface area contributed by atoms with Crippen LogP contribution in [0.3, 0.4) is 0 Å². The van der Waals surface area contributed by atoms with Gasteiger partial charge in [-0.2, -0.15) is 0 Å². The van der Waals surface area contributed by atoms with Gasteiger partial charge in [0.1, 0.15) is 5.75 Å². The number of ether oxygens (including phenoxy) is 2. The summed E-state index contributed by atoms with van der Waals surface area (Å²) in [6, 6.07) is 1.65. The van der Waals surface area contributed by atoms with Gasteiger partial charge in [0.2, 0.25) is 0 Å². The van der Waals surface area contributed by atoms with Crippen LogP contribution < -0.4 is 4.74 Å². The zero-order valence-corrected chi connectivity index (χ0v) is 6.83. The zero-order chi connectivity index (χ0) is 11.3. The van der Waals surface area contributed by atoms with Crippen LogP contribution in [0.1, 0.15) is 16.6 Å². The molecular formula is C9H12NO2. The second kappa shape index (κ2) is 4.72. The van der Waals surface area contributed by atoms with Crippen molar-refractivity contribution >= 4 is 0 Å². The van der Waals surface area contributed by atoms with Crippen LogP contribution in [-0.4, -0.2) is 18.6 Å². The third-order valence-electron chi connectivity index (χ3n) is 1.31. The number of hydrogen-bond donors (Lipinski definition) is 0. The van der Waals surface area contributed by atoms with Crippen molar-refractivity contribution in [2.45, 2.75) is 13.5 Å². The van der Waals surface area contributed by atoms with Gasteiger partial charge in [-0.05, 0) is 13.0 Å². The average molecular weight is 169 g/mol. The van der Waals surface area contributed by atoms with Gasteiger partial charge in [0, 0.05) is 18.8 Å². The maximum absolute atomic E-state index is 6.89. The molecule has 3 heteroatoms. The Kier molecular flexibility index (Phi) is 2.18. The van der Waals surface area contributed by atoms with Crippen molar-refractivity contribution < 1.29 is 13.6 Å². The predicted octanol–water partition coefficient (Wildman–Crippen LogP) is 1.43. The van der Waals surface area contributed by atoms with Gasteiger partial charge in [-0.15, -0.1) is 0 Å². The van der Waals surface area contributed by atoms with E-state index >= 15 is 0 Å². The van der Waals surface area contributed by atoms with Crippen molar-refractivity contribution in [3.05, 3.63) is 24.0 Å². The molecule has 3 nitrogen and oxygen atoms in total. The highest BCUT2D eigenvalue weighted by Crippen LogP contribution is 2.16. The minimum absolute atomic E-state index is 0.0837. The van der Waals surface area contributed by atoms with E-state index in [9.17, 15) is 0 Å². The molecule has 0 aromatic carbocycles. The van der Waals surface area contributed by atoms with Crippen LogP contribution >= 0.6 is 0 Å². The molecule has 0 aliphatic rings. The van der Waals surface area contributed by atoms with Crippen molar-refractivity contribution in [1.82, 2.24) is 4.98 Å². The molecule has 0 bridgehead atoms. The standard InChI is InChI=1S/C9H12NO2/c1-3-12-9-4-5-10-6-8(9)7-11-2/h4-5H,3,7H2,1-2H3/i2D3. The van der Waals surface area contributed by atoms with Gasteiger partial charge >= 0.3 is 0 Å². The molecule has 0 aliphatic heterocycles. The van der Waals surface area contributed by atoms with E-state index in [2.05, 4.69) is 15.9 Å². The van der Waals surface area contributed by atoms with E-state index in [1.165, 1.54) is 6.20 Å². The minimum Gasteiger partial charge on any atom is -0.493 e. The third-order valence-corrected chi connectivity index (χ3v) is 1.31. The predicted molar refractivity (Wildman–Crippen MR) is 45.0 cm³/mol. The Balaban J connectivity index is 2.67. The minimum atomic E-state index is -2.41. The molecule has 1 aromatic heterocycles. The van der Waals surface area contributed by atoms with Crippen molar-refractivity contribution in [1.29, 1.82) is 0 Å². The molecule has 0 saturated carbocycles. The zero-order valence-electron chi connectivity index (χ0n) is 9.83. The summed E-state index contributed by atoms with van der Waals surface area (Å²) in [4.78, 5) is 3.76. The molecule has 65 valence electrons. The van der Waals surface area contributed by atoms with Gasteiger partial charge in [0.15, 0.2) is 0 Å². The van der Waals surface area contributed by atoms with E-state index < -0.39 is 7.04 Å². The summed E-state index contributed by atoms with van der Waals surface area (Å²) >= 11 is 0. The van der Waals surface area contributed by atoms with Crippen molar-refractivity contribution in [3.8, 4) is 5.75 Å². The lowest BCUT2D eigenvalue weighted by Gasteiger charge is -2.07. The van der Waals surface area contributed by atoms with Crippen LogP contribution in [0.4, 0.5) is 0 Å². The lowest BCUT2D eigenvalue weighted by atomic mass is 10.3. The number of hydrogen-bond acceptors (Lipinski definition) is 3. The molecule has 0 fully saturated rings. The average Bonchev–Trinajstić information content (AvgIpc) is 2.16. The van der Waals surface area contributed by atoms with E-state index in [0.29, 0.717) is 17.9 Å². The molecule has 1 aromatic rings. The Morgan fingerprint density at radius 3 is 3.42 bits per heavy atom. The molecule has 1 rings (SSSR count). The quantitative estimate of drug-likeness (QED) is 0.683. The van der Waals surface area contributed by atoms with Gasteiger partial charge in [-0.25, -0.2) is 0 Å². The molecule has 0 saturated heterocycles. The molecule has 0 atom stereocenters. The van der Waals surface area contributed by atoms with E-state index in [1.807, 2.05) is 6.92 Å². The van der Waals surface area contributed by atoms with Crippen LogP contribution in [0.25, 0.3) is 0 Å².